The Bertz CT molecular complexity index is 1480. The van der Waals surface area contributed by atoms with Crippen LogP contribution in [0.3, 0.4) is 0 Å². The van der Waals surface area contributed by atoms with Crippen molar-refractivity contribution in [2.45, 2.75) is 6.92 Å². The van der Waals surface area contributed by atoms with Crippen LogP contribution in [-0.4, -0.2) is 73.1 Å². The van der Waals surface area contributed by atoms with Gasteiger partial charge in [-0.05, 0) is 36.8 Å². The van der Waals surface area contributed by atoms with E-state index in [-0.39, 0.29) is 17.5 Å². The lowest BCUT2D eigenvalue weighted by Crippen LogP contribution is -2.49. The Labute approximate surface area is 223 Å². The molecular weight excluding hydrogens is 506 g/mol. The predicted octanol–water partition coefficient (Wildman–Crippen LogP) is 4.57. The molecule has 2 fully saturated rings. The summed E-state index contributed by atoms with van der Waals surface area (Å²) < 4.78 is 28.5. The number of para-hydroxylation sites is 2. The first-order chi connectivity index (χ1) is 18.5. The summed E-state index contributed by atoms with van der Waals surface area (Å²) >= 11 is 1.40. The van der Waals surface area contributed by atoms with Gasteiger partial charge in [-0.25, -0.2) is 18.7 Å². The summed E-state index contributed by atoms with van der Waals surface area (Å²) in [5, 5.41) is 0.908. The van der Waals surface area contributed by atoms with E-state index >= 15 is 0 Å². The average molecular weight is 535 g/mol. The molecular formula is C28H28F2N6OS. The Morgan fingerprint density at radius 2 is 1.29 bits per heavy atom. The molecule has 2 aromatic heterocycles. The molecule has 2 aliphatic heterocycles. The first kappa shape index (κ1) is 24.5. The van der Waals surface area contributed by atoms with Gasteiger partial charge in [-0.2, -0.15) is 0 Å². The Morgan fingerprint density at radius 3 is 1.87 bits per heavy atom. The number of aryl methyl sites for hydroxylation is 1. The van der Waals surface area contributed by atoms with Gasteiger partial charge >= 0.3 is 0 Å². The van der Waals surface area contributed by atoms with Gasteiger partial charge in [-0.3, -0.25) is 4.79 Å². The first-order valence-corrected chi connectivity index (χ1v) is 13.6. The zero-order valence-electron chi connectivity index (χ0n) is 21.1. The molecule has 2 saturated heterocycles. The van der Waals surface area contributed by atoms with Crippen LogP contribution >= 0.6 is 11.3 Å². The van der Waals surface area contributed by atoms with Crippen molar-refractivity contribution in [2.75, 3.05) is 67.1 Å². The molecule has 6 rings (SSSR count). The maximum atomic E-state index is 14.3. The molecule has 0 saturated carbocycles. The SMILES string of the molecule is Cc1c(C(=O)N2CCN(c3ccccc3F)CC2)sc2ncnc(N3CCN(c4ccccc4F)CC3)c12. The summed E-state index contributed by atoms with van der Waals surface area (Å²) in [5.74, 6) is 0.347. The maximum Gasteiger partial charge on any atom is 0.264 e. The van der Waals surface area contributed by atoms with Crippen LogP contribution in [0.15, 0.2) is 54.9 Å². The van der Waals surface area contributed by atoms with Crippen molar-refractivity contribution < 1.29 is 13.6 Å². The Morgan fingerprint density at radius 1 is 0.763 bits per heavy atom. The fourth-order valence-corrected chi connectivity index (χ4v) is 6.48. The number of thiophene rings is 1. The van der Waals surface area contributed by atoms with Crippen molar-refractivity contribution in [3.05, 3.63) is 76.9 Å². The molecule has 4 heterocycles. The smallest absolute Gasteiger partial charge is 0.264 e. The number of piperazine rings is 2. The number of anilines is 3. The highest BCUT2D eigenvalue weighted by Gasteiger charge is 2.29. The molecule has 196 valence electrons. The second-order valence-corrected chi connectivity index (χ2v) is 10.6. The third-order valence-electron chi connectivity index (χ3n) is 7.43. The van der Waals surface area contributed by atoms with E-state index in [0.29, 0.717) is 68.6 Å². The molecule has 7 nitrogen and oxygen atoms in total. The first-order valence-electron chi connectivity index (χ1n) is 12.8. The van der Waals surface area contributed by atoms with Gasteiger partial charge in [0, 0.05) is 52.4 Å². The number of hydrogen-bond acceptors (Lipinski definition) is 7. The van der Waals surface area contributed by atoms with E-state index in [9.17, 15) is 13.6 Å². The molecule has 38 heavy (non-hydrogen) atoms. The number of fused-ring (bicyclic) bond motifs is 1. The quantitative estimate of drug-likeness (QED) is 0.383. The average Bonchev–Trinajstić information content (AvgIpc) is 3.30. The molecule has 2 aliphatic rings. The number of carbonyl (C=O) groups excluding carboxylic acids is 1. The van der Waals surface area contributed by atoms with Crippen LogP contribution in [0.2, 0.25) is 0 Å². The number of rotatable bonds is 4. The summed E-state index contributed by atoms with van der Waals surface area (Å²) in [5.41, 5.74) is 2.08. The van der Waals surface area contributed by atoms with Crippen molar-refractivity contribution in [1.82, 2.24) is 14.9 Å². The third-order valence-corrected chi connectivity index (χ3v) is 8.62. The molecule has 0 radical (unpaired) electrons. The highest BCUT2D eigenvalue weighted by atomic mass is 32.1. The second-order valence-electron chi connectivity index (χ2n) is 9.59. The third kappa shape index (κ3) is 4.42. The molecule has 0 aliphatic carbocycles. The standard InChI is InChI=1S/C28H28F2N6OS/c1-19-24-26(35-14-10-33(11-15-35)22-8-4-2-6-20(22)29)31-18-32-27(24)38-25(19)28(37)36-16-12-34(13-17-36)23-9-5-3-7-21(23)30/h2-9,18H,10-17H2,1H3. The monoisotopic (exact) mass is 534 g/mol. The lowest BCUT2D eigenvalue weighted by atomic mass is 10.1. The molecule has 0 spiro atoms. The number of hydrogen-bond donors (Lipinski definition) is 0. The zero-order chi connectivity index (χ0) is 26.2. The summed E-state index contributed by atoms with van der Waals surface area (Å²) in [6, 6.07) is 13.6. The van der Waals surface area contributed by atoms with E-state index in [1.807, 2.05) is 34.9 Å². The minimum Gasteiger partial charge on any atom is -0.366 e. The maximum absolute atomic E-state index is 14.3. The molecule has 0 unspecified atom stereocenters. The van der Waals surface area contributed by atoms with Gasteiger partial charge in [0.25, 0.3) is 5.91 Å². The predicted molar refractivity (Wildman–Crippen MR) is 147 cm³/mol. The van der Waals surface area contributed by atoms with E-state index in [1.165, 1.54) is 23.5 Å². The normalized spacial score (nSPS) is 16.4. The van der Waals surface area contributed by atoms with E-state index in [4.69, 9.17) is 0 Å². The Kier molecular flexibility index (Phi) is 6.57. The number of carbonyl (C=O) groups is 1. The fourth-order valence-electron chi connectivity index (χ4n) is 5.37. The number of benzene rings is 2. The Balaban J connectivity index is 1.18. The summed E-state index contributed by atoms with van der Waals surface area (Å²) in [6.07, 6.45) is 1.55. The van der Waals surface area contributed by atoms with Crippen LogP contribution in [0.4, 0.5) is 26.0 Å². The van der Waals surface area contributed by atoms with Gasteiger partial charge in [-0.15, -0.1) is 11.3 Å². The molecule has 4 aromatic rings. The largest absolute Gasteiger partial charge is 0.366 e. The topological polar surface area (TPSA) is 55.8 Å². The lowest BCUT2D eigenvalue weighted by Gasteiger charge is -2.37. The van der Waals surface area contributed by atoms with Crippen molar-refractivity contribution >= 4 is 44.7 Å². The van der Waals surface area contributed by atoms with Crippen molar-refractivity contribution in [1.29, 1.82) is 0 Å². The summed E-state index contributed by atoms with van der Waals surface area (Å²) in [6.45, 7) is 6.90. The minimum atomic E-state index is -0.242. The number of aromatic nitrogens is 2. The van der Waals surface area contributed by atoms with Gasteiger partial charge in [0.2, 0.25) is 0 Å². The van der Waals surface area contributed by atoms with E-state index in [0.717, 1.165) is 21.6 Å². The highest BCUT2D eigenvalue weighted by Crippen LogP contribution is 2.36. The van der Waals surface area contributed by atoms with E-state index in [1.54, 1.807) is 24.5 Å². The van der Waals surface area contributed by atoms with E-state index in [2.05, 4.69) is 19.8 Å². The number of halogens is 2. The van der Waals surface area contributed by atoms with Gasteiger partial charge in [0.15, 0.2) is 0 Å². The van der Waals surface area contributed by atoms with Crippen LogP contribution in [0, 0.1) is 18.6 Å². The van der Waals surface area contributed by atoms with Crippen LogP contribution in [0.5, 0.6) is 0 Å². The van der Waals surface area contributed by atoms with Crippen molar-refractivity contribution in [3.63, 3.8) is 0 Å². The molecule has 0 atom stereocenters. The van der Waals surface area contributed by atoms with Crippen LogP contribution in [-0.2, 0) is 0 Å². The van der Waals surface area contributed by atoms with Crippen molar-refractivity contribution in [2.24, 2.45) is 0 Å². The molecule has 2 aromatic carbocycles. The van der Waals surface area contributed by atoms with E-state index < -0.39 is 0 Å². The Hall–Kier alpha value is -3.79. The number of amides is 1. The zero-order valence-corrected chi connectivity index (χ0v) is 21.9. The van der Waals surface area contributed by atoms with Crippen LogP contribution < -0.4 is 14.7 Å². The van der Waals surface area contributed by atoms with Crippen LogP contribution in [0.1, 0.15) is 15.2 Å². The lowest BCUT2D eigenvalue weighted by molar-refractivity contribution is 0.0751. The molecule has 10 heteroatoms. The summed E-state index contributed by atoms with van der Waals surface area (Å²) in [4.78, 5) is 32.2. The molecule has 1 amide bonds. The van der Waals surface area contributed by atoms with Crippen LogP contribution in [0.25, 0.3) is 10.2 Å². The van der Waals surface area contributed by atoms with Crippen molar-refractivity contribution in [3.8, 4) is 0 Å². The molecule has 0 bridgehead atoms. The highest BCUT2D eigenvalue weighted by molar-refractivity contribution is 7.20. The molecule has 0 N–H and O–H groups in total. The minimum absolute atomic E-state index is 0.0194. The second kappa shape index (κ2) is 10.2. The summed E-state index contributed by atoms with van der Waals surface area (Å²) in [7, 11) is 0. The van der Waals surface area contributed by atoms with Gasteiger partial charge < -0.3 is 19.6 Å². The fraction of sp³-hybridized carbons (Fsp3) is 0.321. The van der Waals surface area contributed by atoms with Gasteiger partial charge in [-0.1, -0.05) is 24.3 Å². The number of nitrogens with zero attached hydrogens (tertiary/aromatic N) is 6. The van der Waals surface area contributed by atoms with Gasteiger partial charge in [0.05, 0.1) is 21.6 Å². The van der Waals surface area contributed by atoms with Gasteiger partial charge in [0.1, 0.15) is 28.6 Å².